The predicted molar refractivity (Wildman–Crippen MR) is 156 cm³/mol. The van der Waals surface area contributed by atoms with Gasteiger partial charge in [0, 0.05) is 16.6 Å². The van der Waals surface area contributed by atoms with Gasteiger partial charge in [0.25, 0.3) is 0 Å². The zero-order valence-electron chi connectivity index (χ0n) is 22.1. The van der Waals surface area contributed by atoms with Crippen LogP contribution in [0.3, 0.4) is 0 Å². The van der Waals surface area contributed by atoms with Gasteiger partial charge in [-0.05, 0) is 42.7 Å². The molecule has 0 spiro atoms. The third kappa shape index (κ3) is 6.20. The van der Waals surface area contributed by atoms with Gasteiger partial charge in [-0.2, -0.15) is 0 Å². The molecular formula is C32H33N3O3S. The standard InChI is InChI=1S/C32H33N3O3S/c1-38-27-17-15-26(16-18-27)33-31(37)32(19-9-4-10-20-32)35(30(36)21-24-11-5-2-6-12-24)22-29-34-28(23-39-29)25-13-7-3-8-14-25/h2-3,5-8,11-18,23H,4,9-10,19-22H2,1H3,(H,33,37). The molecule has 39 heavy (non-hydrogen) atoms. The van der Waals surface area contributed by atoms with Crippen molar-refractivity contribution < 1.29 is 14.3 Å². The molecule has 2 amide bonds. The van der Waals surface area contributed by atoms with Crippen LogP contribution in [0.4, 0.5) is 5.69 Å². The molecule has 3 aromatic carbocycles. The van der Waals surface area contributed by atoms with E-state index in [1.54, 1.807) is 7.11 Å². The van der Waals surface area contributed by atoms with Gasteiger partial charge in [-0.1, -0.05) is 79.9 Å². The average Bonchev–Trinajstić information content (AvgIpc) is 3.46. The Labute approximate surface area is 233 Å². The van der Waals surface area contributed by atoms with Crippen LogP contribution in [0.15, 0.2) is 90.3 Å². The van der Waals surface area contributed by atoms with Crippen LogP contribution in [0.2, 0.25) is 0 Å². The summed E-state index contributed by atoms with van der Waals surface area (Å²) in [6.07, 6.45) is 4.29. The number of methoxy groups -OCH3 is 1. The topological polar surface area (TPSA) is 71.5 Å². The summed E-state index contributed by atoms with van der Waals surface area (Å²) in [5.41, 5.74) is 2.57. The molecule has 4 aromatic rings. The minimum absolute atomic E-state index is 0.0653. The number of amides is 2. The van der Waals surface area contributed by atoms with Crippen molar-refractivity contribution in [2.75, 3.05) is 12.4 Å². The van der Waals surface area contributed by atoms with Gasteiger partial charge in [0.2, 0.25) is 11.8 Å². The monoisotopic (exact) mass is 539 g/mol. The highest BCUT2D eigenvalue weighted by Gasteiger charge is 2.47. The van der Waals surface area contributed by atoms with Crippen LogP contribution in [0.1, 0.15) is 42.7 Å². The summed E-state index contributed by atoms with van der Waals surface area (Å²) in [6.45, 7) is 0.291. The highest BCUT2D eigenvalue weighted by molar-refractivity contribution is 7.09. The molecule has 200 valence electrons. The van der Waals surface area contributed by atoms with Crippen molar-refractivity contribution in [2.24, 2.45) is 0 Å². The minimum atomic E-state index is -0.956. The second-order valence-corrected chi connectivity index (χ2v) is 10.9. The molecule has 1 N–H and O–H groups in total. The fourth-order valence-corrected chi connectivity index (χ4v) is 6.07. The molecule has 0 atom stereocenters. The van der Waals surface area contributed by atoms with E-state index >= 15 is 0 Å². The van der Waals surface area contributed by atoms with Gasteiger partial charge < -0.3 is 15.0 Å². The summed E-state index contributed by atoms with van der Waals surface area (Å²) in [7, 11) is 1.61. The molecule has 1 aliphatic carbocycles. The molecule has 5 rings (SSSR count). The van der Waals surface area contributed by atoms with E-state index in [0.29, 0.717) is 25.1 Å². The lowest BCUT2D eigenvalue weighted by molar-refractivity contribution is -0.148. The Morgan fingerprint density at radius 1 is 0.923 bits per heavy atom. The summed E-state index contributed by atoms with van der Waals surface area (Å²) in [5, 5.41) is 5.95. The van der Waals surface area contributed by atoms with Crippen molar-refractivity contribution in [1.29, 1.82) is 0 Å². The third-order valence-corrected chi connectivity index (χ3v) is 8.22. The minimum Gasteiger partial charge on any atom is -0.497 e. The van der Waals surface area contributed by atoms with Crippen LogP contribution in [0.5, 0.6) is 5.75 Å². The lowest BCUT2D eigenvalue weighted by Crippen LogP contribution is -2.60. The Balaban J connectivity index is 1.48. The number of nitrogens with zero attached hydrogens (tertiary/aromatic N) is 2. The largest absolute Gasteiger partial charge is 0.497 e. The molecule has 0 saturated heterocycles. The van der Waals surface area contributed by atoms with E-state index in [9.17, 15) is 9.59 Å². The molecular weight excluding hydrogens is 506 g/mol. The van der Waals surface area contributed by atoms with Gasteiger partial charge >= 0.3 is 0 Å². The van der Waals surface area contributed by atoms with Crippen LogP contribution >= 0.6 is 11.3 Å². The van der Waals surface area contributed by atoms with Gasteiger partial charge in [0.15, 0.2) is 0 Å². The summed E-state index contributed by atoms with van der Waals surface area (Å²) in [6, 6.07) is 27.1. The average molecular weight is 540 g/mol. The Kier molecular flexibility index (Phi) is 8.37. The van der Waals surface area contributed by atoms with Crippen molar-refractivity contribution in [3.05, 3.63) is 101 Å². The molecule has 7 heteroatoms. The Hall–Kier alpha value is -3.97. The van der Waals surface area contributed by atoms with Gasteiger partial charge in [0.1, 0.15) is 16.3 Å². The highest BCUT2D eigenvalue weighted by atomic mass is 32.1. The predicted octanol–water partition coefficient (Wildman–Crippen LogP) is 6.73. The first-order valence-electron chi connectivity index (χ1n) is 13.4. The van der Waals surface area contributed by atoms with E-state index in [1.165, 1.54) is 11.3 Å². The number of carbonyl (C=O) groups excluding carboxylic acids is 2. The number of hydrogen-bond donors (Lipinski definition) is 1. The van der Waals surface area contributed by atoms with Crippen molar-refractivity contribution in [3.8, 4) is 17.0 Å². The Bertz CT molecular complexity index is 1380. The number of thiazole rings is 1. The van der Waals surface area contributed by atoms with E-state index < -0.39 is 5.54 Å². The van der Waals surface area contributed by atoms with Crippen LogP contribution < -0.4 is 10.1 Å². The van der Waals surface area contributed by atoms with Crippen molar-refractivity contribution in [1.82, 2.24) is 9.88 Å². The normalized spacial score (nSPS) is 14.4. The molecule has 0 radical (unpaired) electrons. The summed E-state index contributed by atoms with van der Waals surface area (Å²) >= 11 is 1.53. The fraction of sp³-hybridized carbons (Fsp3) is 0.281. The van der Waals surface area contributed by atoms with Crippen LogP contribution in [0.25, 0.3) is 11.3 Å². The van der Waals surface area contributed by atoms with Crippen molar-refractivity contribution >= 4 is 28.8 Å². The summed E-state index contributed by atoms with van der Waals surface area (Å²) in [5.74, 6) is 0.510. The Morgan fingerprint density at radius 3 is 2.26 bits per heavy atom. The maximum atomic E-state index is 14.1. The molecule has 1 aromatic heterocycles. The lowest BCUT2D eigenvalue weighted by atomic mass is 9.79. The zero-order chi connectivity index (χ0) is 27.1. The molecule has 0 aliphatic heterocycles. The number of anilines is 1. The van der Waals surface area contributed by atoms with E-state index in [0.717, 1.165) is 46.8 Å². The van der Waals surface area contributed by atoms with E-state index in [-0.39, 0.29) is 18.2 Å². The highest BCUT2D eigenvalue weighted by Crippen LogP contribution is 2.37. The van der Waals surface area contributed by atoms with Crippen molar-refractivity contribution in [3.63, 3.8) is 0 Å². The first-order valence-corrected chi connectivity index (χ1v) is 14.2. The molecule has 1 fully saturated rings. The SMILES string of the molecule is COc1ccc(NC(=O)C2(N(Cc3nc(-c4ccccc4)cs3)C(=O)Cc3ccccc3)CCCCC2)cc1. The molecule has 1 saturated carbocycles. The van der Waals surface area contributed by atoms with Gasteiger partial charge in [-0.25, -0.2) is 4.98 Å². The van der Waals surface area contributed by atoms with Crippen LogP contribution in [-0.2, 0) is 22.6 Å². The Morgan fingerprint density at radius 2 is 1.59 bits per heavy atom. The quantitative estimate of drug-likeness (QED) is 0.256. The summed E-state index contributed by atoms with van der Waals surface area (Å²) < 4.78 is 5.27. The number of hydrogen-bond acceptors (Lipinski definition) is 5. The molecule has 0 unspecified atom stereocenters. The van der Waals surface area contributed by atoms with Crippen molar-refractivity contribution in [2.45, 2.75) is 50.6 Å². The number of ether oxygens (including phenoxy) is 1. The molecule has 1 heterocycles. The van der Waals surface area contributed by atoms with Gasteiger partial charge in [0.05, 0.1) is 25.8 Å². The number of nitrogens with one attached hydrogen (secondary N) is 1. The van der Waals surface area contributed by atoms with Crippen LogP contribution in [0, 0.1) is 0 Å². The maximum absolute atomic E-state index is 14.1. The number of rotatable bonds is 9. The molecule has 1 aliphatic rings. The second kappa shape index (κ2) is 12.3. The zero-order valence-corrected chi connectivity index (χ0v) is 23.0. The van der Waals surface area contributed by atoms with Gasteiger partial charge in [-0.15, -0.1) is 11.3 Å². The van der Waals surface area contributed by atoms with Crippen LogP contribution in [-0.4, -0.2) is 34.3 Å². The van der Waals surface area contributed by atoms with E-state index in [4.69, 9.17) is 9.72 Å². The fourth-order valence-electron chi connectivity index (χ4n) is 5.28. The van der Waals surface area contributed by atoms with E-state index in [1.807, 2.05) is 95.2 Å². The maximum Gasteiger partial charge on any atom is 0.250 e. The lowest BCUT2D eigenvalue weighted by Gasteiger charge is -2.45. The smallest absolute Gasteiger partial charge is 0.250 e. The van der Waals surface area contributed by atoms with Gasteiger partial charge in [-0.3, -0.25) is 9.59 Å². The first kappa shape index (κ1) is 26.6. The summed E-state index contributed by atoms with van der Waals surface area (Å²) in [4.78, 5) is 34.8. The first-order chi connectivity index (χ1) is 19.1. The number of carbonyl (C=O) groups is 2. The number of benzene rings is 3. The number of aromatic nitrogens is 1. The molecule has 6 nitrogen and oxygen atoms in total. The third-order valence-electron chi connectivity index (χ3n) is 7.38. The molecule has 0 bridgehead atoms. The second-order valence-electron chi connectivity index (χ2n) is 9.91. The van der Waals surface area contributed by atoms with E-state index in [2.05, 4.69) is 5.32 Å².